The standard InChI is InChI=1S/C20H25ClFNO2/c1-4-14(3)23-12-15-6-9-19(20(10-15)24-5-2)25-13-16-7-8-17(22)11-18(16)21/h6-11,14,23H,4-5,12-13H2,1-3H3/t14-/m1/s1. The van der Waals surface area contributed by atoms with Gasteiger partial charge in [-0.1, -0.05) is 30.7 Å². The van der Waals surface area contributed by atoms with E-state index in [1.54, 1.807) is 6.07 Å². The average Bonchev–Trinajstić information content (AvgIpc) is 2.60. The molecule has 136 valence electrons. The normalized spacial score (nSPS) is 12.0. The Bertz CT molecular complexity index is 693. The van der Waals surface area contributed by atoms with E-state index < -0.39 is 0 Å². The fourth-order valence-corrected chi connectivity index (χ4v) is 2.50. The lowest BCUT2D eigenvalue weighted by atomic mass is 10.1. The van der Waals surface area contributed by atoms with Gasteiger partial charge in [0.15, 0.2) is 11.5 Å². The lowest BCUT2D eigenvalue weighted by Gasteiger charge is -2.15. The molecule has 2 rings (SSSR count). The third-order valence-electron chi connectivity index (χ3n) is 3.97. The predicted molar refractivity (Wildman–Crippen MR) is 99.9 cm³/mol. The highest BCUT2D eigenvalue weighted by atomic mass is 35.5. The van der Waals surface area contributed by atoms with Crippen LogP contribution in [-0.2, 0) is 13.2 Å². The van der Waals surface area contributed by atoms with Crippen LogP contribution in [0.4, 0.5) is 4.39 Å². The molecule has 5 heteroatoms. The van der Waals surface area contributed by atoms with Crippen LogP contribution in [-0.4, -0.2) is 12.6 Å². The van der Waals surface area contributed by atoms with Gasteiger partial charge in [0.1, 0.15) is 12.4 Å². The Labute approximate surface area is 154 Å². The summed E-state index contributed by atoms with van der Waals surface area (Å²) in [5.74, 6) is 0.987. The van der Waals surface area contributed by atoms with Gasteiger partial charge in [-0.3, -0.25) is 0 Å². The van der Waals surface area contributed by atoms with E-state index in [1.165, 1.54) is 12.1 Å². The van der Waals surface area contributed by atoms with Crippen molar-refractivity contribution < 1.29 is 13.9 Å². The molecule has 0 fully saturated rings. The van der Waals surface area contributed by atoms with Crippen molar-refractivity contribution in [2.24, 2.45) is 0 Å². The summed E-state index contributed by atoms with van der Waals surface area (Å²) in [6.45, 7) is 7.83. The van der Waals surface area contributed by atoms with Gasteiger partial charge >= 0.3 is 0 Å². The first-order chi connectivity index (χ1) is 12.0. The van der Waals surface area contributed by atoms with Gasteiger partial charge in [-0.25, -0.2) is 4.39 Å². The van der Waals surface area contributed by atoms with E-state index in [-0.39, 0.29) is 12.4 Å². The lowest BCUT2D eigenvalue weighted by molar-refractivity contribution is 0.269. The van der Waals surface area contributed by atoms with Gasteiger partial charge in [0.25, 0.3) is 0 Å². The zero-order valence-corrected chi connectivity index (χ0v) is 15.7. The number of hydrogen-bond donors (Lipinski definition) is 1. The number of rotatable bonds is 9. The van der Waals surface area contributed by atoms with E-state index in [9.17, 15) is 4.39 Å². The quantitative estimate of drug-likeness (QED) is 0.650. The third kappa shape index (κ3) is 5.91. The molecule has 0 aliphatic heterocycles. The maximum absolute atomic E-state index is 13.1. The highest BCUT2D eigenvalue weighted by molar-refractivity contribution is 6.31. The van der Waals surface area contributed by atoms with Crippen molar-refractivity contribution in [2.45, 2.75) is 46.4 Å². The molecule has 0 aliphatic carbocycles. The van der Waals surface area contributed by atoms with Crippen LogP contribution < -0.4 is 14.8 Å². The molecule has 0 heterocycles. The van der Waals surface area contributed by atoms with Crippen LogP contribution >= 0.6 is 11.6 Å². The Morgan fingerprint density at radius 3 is 2.56 bits per heavy atom. The van der Waals surface area contributed by atoms with Gasteiger partial charge in [0.05, 0.1) is 11.6 Å². The minimum Gasteiger partial charge on any atom is -0.490 e. The molecular formula is C20H25ClFNO2. The van der Waals surface area contributed by atoms with Crippen LogP contribution in [0.1, 0.15) is 38.3 Å². The largest absolute Gasteiger partial charge is 0.490 e. The number of ether oxygens (including phenoxy) is 2. The molecule has 25 heavy (non-hydrogen) atoms. The first kappa shape index (κ1) is 19.5. The molecule has 0 aromatic heterocycles. The van der Waals surface area contributed by atoms with Crippen LogP contribution in [0.3, 0.4) is 0 Å². The summed E-state index contributed by atoms with van der Waals surface area (Å²) in [5, 5.41) is 3.81. The van der Waals surface area contributed by atoms with Crippen molar-refractivity contribution in [3.8, 4) is 11.5 Å². The highest BCUT2D eigenvalue weighted by Gasteiger charge is 2.09. The van der Waals surface area contributed by atoms with Crippen molar-refractivity contribution in [3.63, 3.8) is 0 Å². The molecule has 2 aromatic rings. The second-order valence-electron chi connectivity index (χ2n) is 5.93. The van der Waals surface area contributed by atoms with Crippen LogP contribution in [0.2, 0.25) is 5.02 Å². The van der Waals surface area contributed by atoms with Crippen LogP contribution in [0.15, 0.2) is 36.4 Å². The van der Waals surface area contributed by atoms with Crippen LogP contribution in [0, 0.1) is 5.82 Å². The molecule has 0 bridgehead atoms. The summed E-state index contributed by atoms with van der Waals surface area (Å²) in [7, 11) is 0. The molecule has 0 saturated carbocycles. The number of hydrogen-bond acceptors (Lipinski definition) is 3. The van der Waals surface area contributed by atoms with Crippen molar-refractivity contribution in [2.75, 3.05) is 6.61 Å². The molecule has 0 radical (unpaired) electrons. The Balaban J connectivity index is 2.08. The molecule has 2 aromatic carbocycles. The molecule has 0 unspecified atom stereocenters. The van der Waals surface area contributed by atoms with E-state index in [1.807, 2.05) is 25.1 Å². The maximum Gasteiger partial charge on any atom is 0.161 e. The van der Waals surface area contributed by atoms with Gasteiger partial charge in [0, 0.05) is 18.2 Å². The first-order valence-corrected chi connectivity index (χ1v) is 8.97. The molecule has 3 nitrogen and oxygen atoms in total. The zero-order valence-electron chi connectivity index (χ0n) is 14.9. The summed E-state index contributed by atoms with van der Waals surface area (Å²) in [4.78, 5) is 0. The smallest absolute Gasteiger partial charge is 0.161 e. The second-order valence-corrected chi connectivity index (χ2v) is 6.34. The van der Waals surface area contributed by atoms with E-state index >= 15 is 0 Å². The number of nitrogens with one attached hydrogen (secondary N) is 1. The Hall–Kier alpha value is -1.78. The SMILES string of the molecule is CCOc1cc(CN[C@H](C)CC)ccc1OCc1ccc(F)cc1Cl. The Kier molecular flexibility index (Phi) is 7.53. The van der Waals surface area contributed by atoms with Crippen LogP contribution in [0.25, 0.3) is 0 Å². The second kappa shape index (κ2) is 9.64. The van der Waals surface area contributed by atoms with E-state index in [0.29, 0.717) is 29.2 Å². The Morgan fingerprint density at radius 2 is 1.88 bits per heavy atom. The summed E-state index contributed by atoms with van der Waals surface area (Å²) in [5.41, 5.74) is 1.86. The molecule has 1 atom stereocenters. The first-order valence-electron chi connectivity index (χ1n) is 8.59. The monoisotopic (exact) mass is 365 g/mol. The van der Waals surface area contributed by atoms with E-state index in [0.717, 1.165) is 24.1 Å². The van der Waals surface area contributed by atoms with Crippen molar-refractivity contribution in [3.05, 3.63) is 58.4 Å². The molecule has 0 spiro atoms. The molecular weight excluding hydrogens is 341 g/mol. The maximum atomic E-state index is 13.1. The minimum absolute atomic E-state index is 0.254. The van der Waals surface area contributed by atoms with Crippen LogP contribution in [0.5, 0.6) is 11.5 Å². The fraction of sp³-hybridized carbons (Fsp3) is 0.400. The number of benzene rings is 2. The van der Waals surface area contributed by atoms with Gasteiger partial charge < -0.3 is 14.8 Å². The van der Waals surface area contributed by atoms with Gasteiger partial charge in [-0.05, 0) is 50.1 Å². The summed E-state index contributed by atoms with van der Waals surface area (Å²) in [6.07, 6.45) is 1.08. The highest BCUT2D eigenvalue weighted by Crippen LogP contribution is 2.30. The zero-order chi connectivity index (χ0) is 18.2. The topological polar surface area (TPSA) is 30.5 Å². The van der Waals surface area contributed by atoms with Crippen molar-refractivity contribution in [1.82, 2.24) is 5.32 Å². The minimum atomic E-state index is -0.359. The molecule has 0 aliphatic rings. The van der Waals surface area contributed by atoms with Gasteiger partial charge in [0.2, 0.25) is 0 Å². The summed E-state index contributed by atoms with van der Waals surface area (Å²) in [6, 6.07) is 10.6. The third-order valence-corrected chi connectivity index (χ3v) is 4.33. The Morgan fingerprint density at radius 1 is 1.08 bits per heavy atom. The van der Waals surface area contributed by atoms with Crippen molar-refractivity contribution >= 4 is 11.6 Å². The summed E-state index contributed by atoms with van der Waals surface area (Å²) < 4.78 is 24.7. The van der Waals surface area contributed by atoms with E-state index in [4.69, 9.17) is 21.1 Å². The fourth-order valence-electron chi connectivity index (χ4n) is 2.28. The van der Waals surface area contributed by atoms with Crippen molar-refractivity contribution in [1.29, 1.82) is 0 Å². The van der Waals surface area contributed by atoms with Gasteiger partial charge in [-0.2, -0.15) is 0 Å². The van der Waals surface area contributed by atoms with Gasteiger partial charge in [-0.15, -0.1) is 0 Å². The predicted octanol–water partition coefficient (Wildman–Crippen LogP) is 5.34. The summed E-state index contributed by atoms with van der Waals surface area (Å²) >= 11 is 6.05. The molecule has 0 amide bonds. The van der Waals surface area contributed by atoms with E-state index in [2.05, 4.69) is 19.2 Å². The molecule has 1 N–H and O–H groups in total. The number of halogens is 2. The average molecular weight is 366 g/mol. The lowest BCUT2D eigenvalue weighted by Crippen LogP contribution is -2.24. The molecule has 0 saturated heterocycles.